The van der Waals surface area contributed by atoms with E-state index in [1.165, 1.54) is 12.5 Å². The van der Waals surface area contributed by atoms with Crippen LogP contribution >= 0.6 is 11.3 Å². The molecule has 4 aromatic heterocycles. The van der Waals surface area contributed by atoms with Crippen LogP contribution in [-0.2, 0) is 0 Å². The van der Waals surface area contributed by atoms with Crippen LogP contribution in [0.25, 0.3) is 21.5 Å². The minimum Gasteiger partial charge on any atom is -0.464 e. The molecule has 8 heteroatoms. The maximum atomic E-state index is 12.8. The lowest BCUT2D eigenvalue weighted by Gasteiger charge is -2.06. The minimum atomic E-state index is -0.312. The molecular formula is C18H11N5O2S. The molecule has 0 amide bonds. The summed E-state index contributed by atoms with van der Waals surface area (Å²) in [6.07, 6.45) is 3.02. The van der Waals surface area contributed by atoms with Crippen molar-refractivity contribution in [3.05, 3.63) is 58.9 Å². The molecule has 0 aliphatic carbocycles. The first kappa shape index (κ1) is 15.8. The summed E-state index contributed by atoms with van der Waals surface area (Å²) in [6.45, 7) is 0. The van der Waals surface area contributed by atoms with Crippen LogP contribution in [0.15, 0.2) is 47.2 Å². The van der Waals surface area contributed by atoms with Crippen molar-refractivity contribution in [1.82, 2.24) is 9.97 Å². The first-order chi connectivity index (χ1) is 12.6. The van der Waals surface area contributed by atoms with Gasteiger partial charge in [0.2, 0.25) is 5.78 Å². The van der Waals surface area contributed by atoms with Gasteiger partial charge in [-0.3, -0.25) is 9.78 Å². The van der Waals surface area contributed by atoms with Gasteiger partial charge in [-0.1, -0.05) is 6.07 Å². The number of carbonyl (C=O) groups excluding carboxylic acids is 1. The molecule has 4 aromatic rings. The van der Waals surface area contributed by atoms with Gasteiger partial charge in [-0.15, -0.1) is 11.3 Å². The van der Waals surface area contributed by atoms with Gasteiger partial charge in [0.1, 0.15) is 38.6 Å². The molecular weight excluding hydrogens is 350 g/mol. The average Bonchev–Trinajstić information content (AvgIpc) is 3.29. The Morgan fingerprint density at radius 2 is 2.08 bits per heavy atom. The minimum absolute atomic E-state index is 0.0597. The third-order valence-electron chi connectivity index (χ3n) is 3.89. The zero-order valence-corrected chi connectivity index (χ0v) is 14.1. The number of fused-ring (bicyclic) bond motifs is 1. The van der Waals surface area contributed by atoms with Gasteiger partial charge in [-0.05, 0) is 24.3 Å². The monoisotopic (exact) mass is 361 g/mol. The molecule has 0 aromatic carbocycles. The highest BCUT2D eigenvalue weighted by Gasteiger charge is 2.26. The maximum Gasteiger partial charge on any atom is 0.223 e. The van der Waals surface area contributed by atoms with Crippen molar-refractivity contribution in [2.75, 3.05) is 11.5 Å². The Balaban J connectivity index is 2.04. The van der Waals surface area contributed by atoms with Crippen molar-refractivity contribution in [2.24, 2.45) is 0 Å². The summed E-state index contributed by atoms with van der Waals surface area (Å²) in [4.78, 5) is 21.9. The van der Waals surface area contributed by atoms with Crippen LogP contribution in [0, 0.1) is 11.3 Å². The van der Waals surface area contributed by atoms with E-state index in [-0.39, 0.29) is 28.5 Å². The van der Waals surface area contributed by atoms with E-state index in [2.05, 4.69) is 9.97 Å². The van der Waals surface area contributed by atoms with Crippen LogP contribution in [0.1, 0.15) is 20.9 Å². The Kier molecular flexibility index (Phi) is 3.64. The number of nitriles is 1. The number of anilines is 2. The van der Waals surface area contributed by atoms with Gasteiger partial charge in [-0.25, -0.2) is 4.98 Å². The standard InChI is InChI=1S/C18H11N5O2S/c19-8-9-12(11-5-3-7-25-11)13-14(20)16(26-18(13)23-17(9)21)15(24)10-4-1-2-6-22-10/h1-7H,20H2,(H2,21,23). The zero-order valence-electron chi connectivity index (χ0n) is 13.3. The van der Waals surface area contributed by atoms with Crippen LogP contribution in [0.3, 0.4) is 0 Å². The average molecular weight is 361 g/mol. The number of hydrogen-bond donors (Lipinski definition) is 2. The molecule has 0 radical (unpaired) electrons. The summed E-state index contributed by atoms with van der Waals surface area (Å²) in [5.41, 5.74) is 13.3. The summed E-state index contributed by atoms with van der Waals surface area (Å²) in [5.74, 6) is 0.181. The normalized spacial score (nSPS) is 10.7. The van der Waals surface area contributed by atoms with E-state index in [1.54, 1.807) is 30.3 Å². The van der Waals surface area contributed by atoms with Crippen molar-refractivity contribution in [1.29, 1.82) is 5.26 Å². The Morgan fingerprint density at radius 3 is 2.73 bits per heavy atom. The number of carbonyl (C=O) groups is 1. The molecule has 0 saturated heterocycles. The summed E-state index contributed by atoms with van der Waals surface area (Å²) < 4.78 is 5.45. The van der Waals surface area contributed by atoms with E-state index in [1.807, 2.05) is 6.07 Å². The van der Waals surface area contributed by atoms with E-state index >= 15 is 0 Å². The molecule has 4 rings (SSSR count). The second kappa shape index (κ2) is 5.98. The van der Waals surface area contributed by atoms with E-state index in [9.17, 15) is 10.1 Å². The van der Waals surface area contributed by atoms with Crippen LogP contribution in [-0.4, -0.2) is 15.8 Å². The van der Waals surface area contributed by atoms with Gasteiger partial charge in [0.15, 0.2) is 0 Å². The van der Waals surface area contributed by atoms with Gasteiger partial charge < -0.3 is 15.9 Å². The summed E-state index contributed by atoms with van der Waals surface area (Å²) in [7, 11) is 0. The van der Waals surface area contributed by atoms with Crippen molar-refractivity contribution in [2.45, 2.75) is 0 Å². The zero-order chi connectivity index (χ0) is 18.3. The summed E-state index contributed by atoms with van der Waals surface area (Å²) in [5, 5.41) is 10.00. The van der Waals surface area contributed by atoms with Gasteiger partial charge in [0, 0.05) is 11.6 Å². The molecule has 0 unspecified atom stereocenters. The Labute approximate surface area is 151 Å². The highest BCUT2D eigenvalue weighted by atomic mass is 32.1. The molecule has 4 heterocycles. The number of nitrogens with two attached hydrogens (primary N) is 2. The number of thiophene rings is 1. The molecule has 26 heavy (non-hydrogen) atoms. The van der Waals surface area contributed by atoms with Crippen LogP contribution in [0.4, 0.5) is 11.5 Å². The quantitative estimate of drug-likeness (QED) is 0.535. The molecule has 4 N–H and O–H groups in total. The highest BCUT2D eigenvalue weighted by molar-refractivity contribution is 7.21. The SMILES string of the molecule is N#Cc1c(N)nc2sc(C(=O)c3ccccn3)c(N)c2c1-c1ccco1. The first-order valence-electron chi connectivity index (χ1n) is 7.53. The van der Waals surface area contributed by atoms with Crippen molar-refractivity contribution in [3.8, 4) is 17.4 Å². The van der Waals surface area contributed by atoms with Gasteiger partial charge in [0.25, 0.3) is 0 Å². The largest absolute Gasteiger partial charge is 0.464 e. The Morgan fingerprint density at radius 1 is 1.23 bits per heavy atom. The topological polar surface area (TPSA) is 132 Å². The second-order valence-electron chi connectivity index (χ2n) is 5.41. The van der Waals surface area contributed by atoms with Crippen molar-refractivity contribution >= 4 is 38.8 Å². The molecule has 7 nitrogen and oxygen atoms in total. The number of nitrogen functional groups attached to an aromatic ring is 2. The van der Waals surface area contributed by atoms with E-state index in [0.29, 0.717) is 26.4 Å². The molecule has 126 valence electrons. The fraction of sp³-hybridized carbons (Fsp3) is 0. The summed E-state index contributed by atoms with van der Waals surface area (Å²) in [6, 6.07) is 10.5. The number of rotatable bonds is 3. The number of nitrogens with zero attached hydrogens (tertiary/aromatic N) is 3. The highest BCUT2D eigenvalue weighted by Crippen LogP contribution is 2.43. The van der Waals surface area contributed by atoms with Crippen molar-refractivity contribution in [3.63, 3.8) is 0 Å². The van der Waals surface area contributed by atoms with E-state index in [4.69, 9.17) is 15.9 Å². The maximum absolute atomic E-state index is 12.8. The van der Waals surface area contributed by atoms with Crippen LogP contribution in [0.2, 0.25) is 0 Å². The molecule has 0 saturated carbocycles. The second-order valence-corrected chi connectivity index (χ2v) is 6.40. The van der Waals surface area contributed by atoms with E-state index < -0.39 is 0 Å². The number of hydrogen-bond acceptors (Lipinski definition) is 8. The van der Waals surface area contributed by atoms with E-state index in [0.717, 1.165) is 11.3 Å². The molecule has 0 aliphatic heterocycles. The third-order valence-corrected chi connectivity index (χ3v) is 4.99. The first-order valence-corrected chi connectivity index (χ1v) is 8.34. The number of aromatic nitrogens is 2. The van der Waals surface area contributed by atoms with Crippen LogP contribution in [0.5, 0.6) is 0 Å². The van der Waals surface area contributed by atoms with Crippen molar-refractivity contribution < 1.29 is 9.21 Å². The van der Waals surface area contributed by atoms with Crippen LogP contribution < -0.4 is 11.5 Å². The lowest BCUT2D eigenvalue weighted by molar-refractivity contribution is 0.103. The molecule has 0 spiro atoms. The fourth-order valence-corrected chi connectivity index (χ4v) is 3.79. The predicted octanol–water partition coefficient (Wildman–Crippen LogP) is 3.22. The fourth-order valence-electron chi connectivity index (χ4n) is 2.73. The molecule has 0 aliphatic rings. The van der Waals surface area contributed by atoms with Gasteiger partial charge in [0.05, 0.1) is 17.5 Å². The smallest absolute Gasteiger partial charge is 0.223 e. The molecule has 0 atom stereocenters. The van der Waals surface area contributed by atoms with Gasteiger partial charge >= 0.3 is 0 Å². The number of furan rings is 1. The Bertz CT molecular complexity index is 1170. The van der Waals surface area contributed by atoms with Gasteiger partial charge in [-0.2, -0.15) is 5.26 Å². The third kappa shape index (κ3) is 2.30. The number of ketones is 1. The predicted molar refractivity (Wildman–Crippen MR) is 98.5 cm³/mol. The Hall–Kier alpha value is -3.70. The summed E-state index contributed by atoms with van der Waals surface area (Å²) >= 11 is 1.11. The number of pyridine rings is 2. The molecule has 0 fully saturated rings. The molecule has 0 bridgehead atoms. The lowest BCUT2D eigenvalue weighted by Crippen LogP contribution is -2.04. The lowest BCUT2D eigenvalue weighted by atomic mass is 10.0.